The minimum atomic E-state index is -1.12. The molecule has 25 heavy (non-hydrogen) atoms. The number of anilines is 1. The molecule has 130 valence electrons. The van der Waals surface area contributed by atoms with Crippen LogP contribution in [-0.4, -0.2) is 29.0 Å². The quantitative estimate of drug-likeness (QED) is 0.705. The van der Waals surface area contributed by atoms with Gasteiger partial charge < -0.3 is 20.9 Å². The van der Waals surface area contributed by atoms with Crippen molar-refractivity contribution in [3.8, 4) is 5.75 Å². The van der Waals surface area contributed by atoms with Crippen LogP contribution in [0, 0.1) is 0 Å². The molecule has 0 aliphatic carbocycles. The van der Waals surface area contributed by atoms with Gasteiger partial charge in [0.25, 0.3) is 5.91 Å². The molecule has 0 bridgehead atoms. The van der Waals surface area contributed by atoms with E-state index in [0.29, 0.717) is 11.3 Å². The lowest BCUT2D eigenvalue weighted by atomic mass is 10.2. The standard InChI is InChI=1S/C17H15ClN2O5/c1-9(25-17(24)13-8-11(18)4-7-14(13)21)16(23)20-12-5-2-10(3-6-12)15(19)22/h2-9,21H,1H3,(H2,19,22)(H,20,23)/t9-/m0/s1. The number of nitrogens with two attached hydrogens (primary N) is 1. The summed E-state index contributed by atoms with van der Waals surface area (Å²) in [7, 11) is 0. The lowest BCUT2D eigenvalue weighted by Crippen LogP contribution is -2.30. The second kappa shape index (κ2) is 7.67. The fourth-order valence-electron chi connectivity index (χ4n) is 1.91. The monoisotopic (exact) mass is 362 g/mol. The van der Waals surface area contributed by atoms with E-state index >= 15 is 0 Å². The van der Waals surface area contributed by atoms with Crippen molar-refractivity contribution in [1.82, 2.24) is 0 Å². The van der Waals surface area contributed by atoms with Crippen LogP contribution in [0.4, 0.5) is 5.69 Å². The fraction of sp³-hybridized carbons (Fsp3) is 0.118. The first-order valence-electron chi connectivity index (χ1n) is 7.18. The van der Waals surface area contributed by atoms with Crippen LogP contribution >= 0.6 is 11.6 Å². The minimum Gasteiger partial charge on any atom is -0.507 e. The first-order chi connectivity index (χ1) is 11.8. The van der Waals surface area contributed by atoms with Crippen LogP contribution in [0.3, 0.4) is 0 Å². The molecule has 0 aliphatic heterocycles. The molecule has 0 saturated heterocycles. The number of ether oxygens (including phenoxy) is 1. The third kappa shape index (κ3) is 4.71. The maximum Gasteiger partial charge on any atom is 0.342 e. The number of rotatable bonds is 5. The van der Waals surface area contributed by atoms with Crippen molar-refractivity contribution >= 4 is 35.1 Å². The van der Waals surface area contributed by atoms with E-state index in [4.69, 9.17) is 22.1 Å². The molecule has 2 aromatic rings. The van der Waals surface area contributed by atoms with E-state index in [2.05, 4.69) is 5.32 Å². The van der Waals surface area contributed by atoms with Crippen LogP contribution in [0.5, 0.6) is 5.75 Å². The molecule has 0 heterocycles. The number of nitrogens with one attached hydrogen (secondary N) is 1. The number of amides is 2. The van der Waals surface area contributed by atoms with E-state index in [1.54, 1.807) is 0 Å². The van der Waals surface area contributed by atoms with Gasteiger partial charge in [0.1, 0.15) is 11.3 Å². The number of aromatic hydroxyl groups is 1. The summed E-state index contributed by atoms with van der Waals surface area (Å²) in [4.78, 5) is 35.1. The van der Waals surface area contributed by atoms with Gasteiger partial charge in [-0.05, 0) is 49.4 Å². The smallest absolute Gasteiger partial charge is 0.342 e. The van der Waals surface area contributed by atoms with E-state index in [-0.39, 0.29) is 16.3 Å². The summed E-state index contributed by atoms with van der Waals surface area (Å²) < 4.78 is 5.02. The van der Waals surface area contributed by atoms with Crippen molar-refractivity contribution < 1.29 is 24.2 Å². The maximum atomic E-state index is 12.1. The van der Waals surface area contributed by atoms with Gasteiger partial charge in [0.15, 0.2) is 6.10 Å². The van der Waals surface area contributed by atoms with Gasteiger partial charge in [0.05, 0.1) is 0 Å². The molecule has 0 unspecified atom stereocenters. The number of hydrogen-bond donors (Lipinski definition) is 3. The molecule has 0 aromatic heterocycles. The van der Waals surface area contributed by atoms with Gasteiger partial charge in [-0.15, -0.1) is 0 Å². The Labute approximate surface area is 148 Å². The zero-order chi connectivity index (χ0) is 18.6. The van der Waals surface area contributed by atoms with Crippen molar-refractivity contribution in [3.05, 3.63) is 58.6 Å². The summed E-state index contributed by atoms with van der Waals surface area (Å²) in [5.41, 5.74) is 5.70. The Kier molecular flexibility index (Phi) is 5.61. The second-order valence-corrected chi connectivity index (χ2v) is 5.58. The molecule has 2 aromatic carbocycles. The average Bonchev–Trinajstić information content (AvgIpc) is 2.57. The molecule has 8 heteroatoms. The molecule has 0 spiro atoms. The van der Waals surface area contributed by atoms with Crippen molar-refractivity contribution in [2.45, 2.75) is 13.0 Å². The first-order valence-corrected chi connectivity index (χ1v) is 7.56. The van der Waals surface area contributed by atoms with Crippen LogP contribution in [0.2, 0.25) is 5.02 Å². The fourth-order valence-corrected chi connectivity index (χ4v) is 2.08. The van der Waals surface area contributed by atoms with Gasteiger partial charge in [-0.1, -0.05) is 11.6 Å². The molecule has 2 amide bonds. The summed E-state index contributed by atoms with van der Waals surface area (Å²) in [6, 6.07) is 9.82. The van der Waals surface area contributed by atoms with Gasteiger partial charge in [-0.2, -0.15) is 0 Å². The van der Waals surface area contributed by atoms with E-state index in [1.165, 1.54) is 49.4 Å². The first kappa shape index (κ1) is 18.3. The van der Waals surface area contributed by atoms with Crippen LogP contribution in [0.1, 0.15) is 27.6 Å². The van der Waals surface area contributed by atoms with E-state index in [0.717, 1.165) is 0 Å². The molecule has 0 fully saturated rings. The lowest BCUT2D eigenvalue weighted by molar-refractivity contribution is -0.123. The summed E-state index contributed by atoms with van der Waals surface area (Å²) in [5, 5.41) is 12.4. The zero-order valence-corrected chi connectivity index (χ0v) is 13.9. The van der Waals surface area contributed by atoms with Gasteiger partial charge in [0.2, 0.25) is 5.91 Å². The second-order valence-electron chi connectivity index (χ2n) is 5.14. The Bertz CT molecular complexity index is 820. The number of carbonyl (C=O) groups is 3. The highest BCUT2D eigenvalue weighted by atomic mass is 35.5. The van der Waals surface area contributed by atoms with Gasteiger partial charge >= 0.3 is 5.97 Å². The number of halogens is 1. The number of esters is 1. The van der Waals surface area contributed by atoms with E-state index < -0.39 is 23.9 Å². The third-order valence-electron chi connectivity index (χ3n) is 3.27. The van der Waals surface area contributed by atoms with Crippen LogP contribution in [-0.2, 0) is 9.53 Å². The van der Waals surface area contributed by atoms with Crippen molar-refractivity contribution in [3.63, 3.8) is 0 Å². The summed E-state index contributed by atoms with van der Waals surface area (Å²) in [6.45, 7) is 1.38. The molecular weight excluding hydrogens is 348 g/mol. The SMILES string of the molecule is C[C@H](OC(=O)c1cc(Cl)ccc1O)C(=O)Nc1ccc(C(N)=O)cc1. The Balaban J connectivity index is 2.01. The summed E-state index contributed by atoms with van der Waals surface area (Å²) >= 11 is 5.77. The van der Waals surface area contributed by atoms with Crippen molar-refractivity contribution in [1.29, 1.82) is 0 Å². The molecule has 0 saturated carbocycles. The van der Waals surface area contributed by atoms with Crippen LogP contribution in [0.25, 0.3) is 0 Å². The predicted octanol–water partition coefficient (Wildman–Crippen LogP) is 2.33. The number of phenols is 1. The van der Waals surface area contributed by atoms with Crippen molar-refractivity contribution in [2.75, 3.05) is 5.32 Å². The Morgan fingerprint density at radius 2 is 1.80 bits per heavy atom. The average molecular weight is 363 g/mol. The van der Waals surface area contributed by atoms with E-state index in [1.807, 2.05) is 0 Å². The van der Waals surface area contributed by atoms with Crippen LogP contribution in [0.15, 0.2) is 42.5 Å². The molecule has 0 radical (unpaired) electrons. The molecule has 7 nitrogen and oxygen atoms in total. The Morgan fingerprint density at radius 1 is 1.16 bits per heavy atom. The topological polar surface area (TPSA) is 119 Å². The number of benzene rings is 2. The molecule has 4 N–H and O–H groups in total. The van der Waals surface area contributed by atoms with Crippen LogP contribution < -0.4 is 11.1 Å². The molecular formula is C17H15ClN2O5. The number of hydrogen-bond acceptors (Lipinski definition) is 5. The number of carbonyl (C=O) groups excluding carboxylic acids is 3. The van der Waals surface area contributed by atoms with E-state index in [9.17, 15) is 19.5 Å². The highest BCUT2D eigenvalue weighted by molar-refractivity contribution is 6.31. The highest BCUT2D eigenvalue weighted by Gasteiger charge is 2.21. The Hall–Kier alpha value is -3.06. The zero-order valence-electron chi connectivity index (χ0n) is 13.2. The number of primary amides is 1. The normalized spacial score (nSPS) is 11.4. The molecule has 1 atom stereocenters. The Morgan fingerprint density at radius 3 is 2.40 bits per heavy atom. The maximum absolute atomic E-state index is 12.1. The van der Waals surface area contributed by atoms with Gasteiger partial charge in [0, 0.05) is 16.3 Å². The van der Waals surface area contributed by atoms with Crippen molar-refractivity contribution in [2.24, 2.45) is 5.73 Å². The molecule has 0 aliphatic rings. The van der Waals surface area contributed by atoms with Gasteiger partial charge in [-0.3, -0.25) is 9.59 Å². The predicted molar refractivity (Wildman–Crippen MR) is 91.6 cm³/mol. The largest absolute Gasteiger partial charge is 0.507 e. The molecule has 2 rings (SSSR count). The van der Waals surface area contributed by atoms with Gasteiger partial charge in [-0.25, -0.2) is 4.79 Å². The summed E-state index contributed by atoms with van der Waals surface area (Å²) in [6.07, 6.45) is -1.12. The third-order valence-corrected chi connectivity index (χ3v) is 3.50. The highest BCUT2D eigenvalue weighted by Crippen LogP contribution is 2.22. The number of phenolic OH excluding ortho intramolecular Hbond substituents is 1. The summed E-state index contributed by atoms with van der Waals surface area (Å²) in [5.74, 6) is -2.35. The minimum absolute atomic E-state index is 0.141. The lowest BCUT2D eigenvalue weighted by Gasteiger charge is -2.14.